The normalized spacial score (nSPS) is 15.3. The minimum absolute atomic E-state index is 0.0870. The summed E-state index contributed by atoms with van der Waals surface area (Å²) >= 11 is 14.2. The Morgan fingerprint density at radius 1 is 1.05 bits per heavy atom. The number of carbonyl (C=O) groups is 2. The van der Waals surface area contributed by atoms with Gasteiger partial charge in [-0.25, -0.2) is 5.43 Å². The lowest BCUT2D eigenvalue weighted by Crippen LogP contribution is -2.27. The molecule has 1 atom stereocenters. The van der Waals surface area contributed by atoms with Crippen LogP contribution >= 0.6 is 35.0 Å². The number of nitrogens with zero attached hydrogens (tertiary/aromatic N) is 3. The van der Waals surface area contributed by atoms with Gasteiger partial charge in [-0.2, -0.15) is 5.10 Å². The maximum absolute atomic E-state index is 12.8. The molecule has 39 heavy (non-hydrogen) atoms. The number of halogens is 2. The van der Waals surface area contributed by atoms with Crippen LogP contribution in [-0.2, 0) is 11.3 Å². The summed E-state index contributed by atoms with van der Waals surface area (Å²) in [6.45, 7) is 4.48. The molecule has 0 radical (unpaired) electrons. The second-order valence-corrected chi connectivity index (χ2v) is 11.1. The van der Waals surface area contributed by atoms with Gasteiger partial charge in [-0.3, -0.25) is 9.59 Å². The summed E-state index contributed by atoms with van der Waals surface area (Å²) in [4.78, 5) is 27.2. The van der Waals surface area contributed by atoms with E-state index in [1.165, 1.54) is 0 Å². The first-order chi connectivity index (χ1) is 18.8. The number of nitrogens with one attached hydrogen (secondary N) is 1. The fraction of sp³-hybridized carbons (Fsp3) is 0.167. The number of amides is 2. The lowest BCUT2D eigenvalue weighted by molar-refractivity contribution is -0.128. The van der Waals surface area contributed by atoms with Crippen molar-refractivity contribution in [3.63, 3.8) is 0 Å². The third-order valence-corrected chi connectivity index (χ3v) is 8.70. The largest absolute Gasteiger partial charge is 0.322 e. The van der Waals surface area contributed by atoms with E-state index in [1.54, 1.807) is 36.2 Å². The summed E-state index contributed by atoms with van der Waals surface area (Å²) in [6, 6.07) is 24.7. The topological polar surface area (TPSA) is 66.7 Å². The van der Waals surface area contributed by atoms with Gasteiger partial charge >= 0.3 is 0 Å². The van der Waals surface area contributed by atoms with Gasteiger partial charge in [0.25, 0.3) is 5.91 Å². The summed E-state index contributed by atoms with van der Waals surface area (Å²) < 4.78 is 2.00. The maximum atomic E-state index is 12.8. The van der Waals surface area contributed by atoms with Gasteiger partial charge in [0.05, 0.1) is 27.7 Å². The Bertz CT molecular complexity index is 1550. The number of hydrazone groups is 1. The molecule has 3 aromatic carbocycles. The molecule has 0 aliphatic carbocycles. The number of carbonyl (C=O) groups excluding carboxylic acids is 2. The third kappa shape index (κ3) is 5.76. The van der Waals surface area contributed by atoms with Crippen molar-refractivity contribution >= 4 is 53.0 Å². The van der Waals surface area contributed by atoms with E-state index in [0.29, 0.717) is 27.9 Å². The summed E-state index contributed by atoms with van der Waals surface area (Å²) in [5.41, 5.74) is 8.67. The van der Waals surface area contributed by atoms with Gasteiger partial charge in [0.1, 0.15) is 5.37 Å². The number of thioether (sulfide) groups is 1. The van der Waals surface area contributed by atoms with E-state index >= 15 is 0 Å². The van der Waals surface area contributed by atoms with Gasteiger partial charge in [0, 0.05) is 29.1 Å². The Morgan fingerprint density at radius 3 is 2.54 bits per heavy atom. The van der Waals surface area contributed by atoms with Gasteiger partial charge in [-0.15, -0.1) is 11.8 Å². The van der Waals surface area contributed by atoms with Crippen LogP contribution in [0.5, 0.6) is 0 Å². The zero-order chi connectivity index (χ0) is 27.5. The quantitative estimate of drug-likeness (QED) is 0.191. The molecule has 0 unspecified atom stereocenters. The smallest absolute Gasteiger partial charge is 0.271 e. The van der Waals surface area contributed by atoms with Crippen LogP contribution in [0.1, 0.15) is 43.8 Å². The summed E-state index contributed by atoms with van der Waals surface area (Å²) in [6.07, 6.45) is 1.62. The maximum Gasteiger partial charge on any atom is 0.271 e. The minimum atomic E-state index is -0.319. The molecular formula is C30H26Cl2N4O2S. The number of aromatic nitrogens is 1. The van der Waals surface area contributed by atoms with E-state index in [1.807, 2.05) is 84.0 Å². The third-order valence-electron chi connectivity index (χ3n) is 6.63. The molecule has 5 rings (SSSR count). The lowest BCUT2D eigenvalue weighted by Gasteiger charge is -2.24. The monoisotopic (exact) mass is 576 g/mol. The Labute approximate surface area is 241 Å². The van der Waals surface area contributed by atoms with Gasteiger partial charge in [0.2, 0.25) is 5.91 Å². The summed E-state index contributed by atoms with van der Waals surface area (Å²) in [5.74, 6) is 0.237. The first-order valence-electron chi connectivity index (χ1n) is 12.3. The van der Waals surface area contributed by atoms with Crippen LogP contribution in [0.15, 0.2) is 84.0 Å². The Morgan fingerprint density at radius 2 is 1.79 bits per heavy atom. The molecule has 1 saturated heterocycles. The molecule has 9 heteroatoms. The van der Waals surface area contributed by atoms with Crippen molar-refractivity contribution in [2.24, 2.45) is 5.10 Å². The molecule has 6 nitrogen and oxygen atoms in total. The van der Waals surface area contributed by atoms with Crippen molar-refractivity contribution < 1.29 is 9.59 Å². The van der Waals surface area contributed by atoms with E-state index in [4.69, 9.17) is 23.2 Å². The average molecular weight is 578 g/mol. The molecule has 0 saturated carbocycles. The molecule has 1 fully saturated rings. The fourth-order valence-electron chi connectivity index (χ4n) is 4.66. The van der Waals surface area contributed by atoms with Gasteiger partial charge in [-0.05, 0) is 55.3 Å². The first kappa shape index (κ1) is 27.1. The predicted molar refractivity (Wildman–Crippen MR) is 159 cm³/mol. The minimum Gasteiger partial charge on any atom is -0.322 e. The van der Waals surface area contributed by atoms with E-state index in [2.05, 4.69) is 10.5 Å². The molecule has 2 heterocycles. The molecule has 198 valence electrons. The van der Waals surface area contributed by atoms with Crippen molar-refractivity contribution in [2.75, 3.05) is 5.75 Å². The van der Waals surface area contributed by atoms with Crippen molar-refractivity contribution in [3.8, 4) is 5.69 Å². The fourth-order valence-corrected chi connectivity index (χ4v) is 6.23. The van der Waals surface area contributed by atoms with E-state index < -0.39 is 0 Å². The second-order valence-electron chi connectivity index (χ2n) is 9.23. The van der Waals surface area contributed by atoms with Crippen molar-refractivity contribution in [2.45, 2.75) is 25.8 Å². The number of hydrogen-bond donors (Lipinski definition) is 1. The highest BCUT2D eigenvalue weighted by Crippen LogP contribution is 2.39. The van der Waals surface area contributed by atoms with Gasteiger partial charge < -0.3 is 9.47 Å². The Kier molecular flexibility index (Phi) is 8.12. The van der Waals surface area contributed by atoms with Crippen LogP contribution in [0.3, 0.4) is 0 Å². The molecule has 0 spiro atoms. The van der Waals surface area contributed by atoms with Crippen molar-refractivity contribution in [3.05, 3.63) is 123 Å². The van der Waals surface area contributed by atoms with Crippen LogP contribution in [0.4, 0.5) is 0 Å². The van der Waals surface area contributed by atoms with Crippen LogP contribution in [0.25, 0.3) is 5.69 Å². The standard InChI is InChI=1S/C30H26Cl2N4O2S/c1-19-15-24(20(2)36(19)26-10-6-9-25(31)28(26)32)16-33-34-29(38)22-11-13-23(14-12-22)30-35(27(37)18-39-30)17-21-7-4-3-5-8-21/h3-16,30H,17-18H2,1-2H3,(H,34,38)/b33-16-/t30-/m1/s1. The van der Waals surface area contributed by atoms with Crippen LogP contribution in [0.2, 0.25) is 10.0 Å². The van der Waals surface area contributed by atoms with E-state index in [0.717, 1.165) is 33.8 Å². The molecule has 1 aromatic heterocycles. The zero-order valence-electron chi connectivity index (χ0n) is 21.4. The van der Waals surface area contributed by atoms with Crippen LogP contribution in [-0.4, -0.2) is 33.2 Å². The Balaban J connectivity index is 1.26. The molecule has 1 N–H and O–H groups in total. The molecule has 1 aliphatic heterocycles. The summed E-state index contributed by atoms with van der Waals surface area (Å²) in [7, 11) is 0. The summed E-state index contributed by atoms with van der Waals surface area (Å²) in [5, 5.41) is 5.05. The van der Waals surface area contributed by atoms with E-state index in [9.17, 15) is 9.59 Å². The lowest BCUT2D eigenvalue weighted by atomic mass is 10.1. The number of benzene rings is 3. The SMILES string of the molecule is Cc1cc(/C=N\NC(=O)c2ccc([C@H]3SCC(=O)N3Cc3ccccc3)cc2)c(C)n1-c1cccc(Cl)c1Cl. The number of aryl methyl sites for hydroxylation is 1. The van der Waals surface area contributed by atoms with E-state index in [-0.39, 0.29) is 17.2 Å². The van der Waals surface area contributed by atoms with Crippen molar-refractivity contribution in [1.29, 1.82) is 0 Å². The highest BCUT2D eigenvalue weighted by atomic mass is 35.5. The number of hydrogen-bond acceptors (Lipinski definition) is 4. The average Bonchev–Trinajstić information content (AvgIpc) is 3.44. The number of rotatable bonds is 7. The molecule has 1 aliphatic rings. The Hall–Kier alpha value is -3.52. The van der Waals surface area contributed by atoms with Crippen molar-refractivity contribution in [1.82, 2.24) is 14.9 Å². The zero-order valence-corrected chi connectivity index (χ0v) is 23.7. The van der Waals surface area contributed by atoms with Crippen LogP contribution in [0, 0.1) is 13.8 Å². The molecular weight excluding hydrogens is 551 g/mol. The first-order valence-corrected chi connectivity index (χ1v) is 14.2. The highest BCUT2D eigenvalue weighted by Gasteiger charge is 2.32. The van der Waals surface area contributed by atoms with Gasteiger partial charge in [0.15, 0.2) is 0 Å². The second kappa shape index (κ2) is 11.7. The predicted octanol–water partition coefficient (Wildman–Crippen LogP) is 6.94. The van der Waals surface area contributed by atoms with Crippen LogP contribution < -0.4 is 5.43 Å². The molecule has 0 bridgehead atoms. The van der Waals surface area contributed by atoms with Gasteiger partial charge in [-0.1, -0.05) is 71.7 Å². The molecule has 4 aromatic rings. The highest BCUT2D eigenvalue weighted by molar-refractivity contribution is 8.00. The molecule has 2 amide bonds.